The molecule has 1 N–H and O–H groups in total. The standard InChI is InChI=1S/C37H36N2O10/c1-40-31-13-22(15-38-24-3-7-26(8-4-24)42-17-28-18-43-28)11-29(36(31)48-34-20-45-34)30-12-23(14-32(41-2)37(30)49-35-21-46-35)16-39-25-5-9-27(10-6-25)47-33-19-44-33/h3-15,28,33-35,39H,16-21H2,1-2H3/b38-15+. The second kappa shape index (κ2) is 13.8. The minimum absolute atomic E-state index is 0.144. The van der Waals surface area contributed by atoms with Gasteiger partial charge in [0.15, 0.2) is 23.0 Å². The van der Waals surface area contributed by atoms with Gasteiger partial charge in [0, 0.05) is 29.6 Å². The van der Waals surface area contributed by atoms with E-state index in [-0.39, 0.29) is 25.0 Å². The fraction of sp³-hybridized carbons (Fsp3) is 0.324. The Labute approximate surface area is 283 Å². The van der Waals surface area contributed by atoms with Gasteiger partial charge in [0.25, 0.3) is 0 Å². The number of benzene rings is 4. The van der Waals surface area contributed by atoms with E-state index in [0.29, 0.717) is 56.0 Å². The molecule has 0 saturated carbocycles. The van der Waals surface area contributed by atoms with E-state index in [4.69, 9.17) is 52.4 Å². The molecule has 4 aromatic carbocycles. The van der Waals surface area contributed by atoms with E-state index in [9.17, 15) is 0 Å². The van der Waals surface area contributed by atoms with E-state index in [1.807, 2.05) is 66.7 Å². The average Bonchev–Trinajstić information content (AvgIpc) is 3.91. The molecule has 4 heterocycles. The maximum Gasteiger partial charge on any atom is 0.224 e. The van der Waals surface area contributed by atoms with Crippen molar-refractivity contribution < 1.29 is 47.4 Å². The van der Waals surface area contributed by atoms with Crippen LogP contribution in [0.1, 0.15) is 11.1 Å². The van der Waals surface area contributed by atoms with E-state index >= 15 is 0 Å². The van der Waals surface area contributed by atoms with Crippen LogP contribution in [0.4, 0.5) is 11.4 Å². The molecule has 0 aromatic heterocycles. The molecule has 4 aromatic rings. The number of anilines is 1. The van der Waals surface area contributed by atoms with E-state index in [1.165, 1.54) is 0 Å². The molecule has 4 aliphatic heterocycles. The number of rotatable bonds is 17. The number of aliphatic imine (C=N–C) groups is 1. The van der Waals surface area contributed by atoms with Crippen LogP contribution in [0.5, 0.6) is 34.5 Å². The Morgan fingerprint density at radius 2 is 1.29 bits per heavy atom. The molecule has 4 saturated heterocycles. The summed E-state index contributed by atoms with van der Waals surface area (Å²) >= 11 is 0. The monoisotopic (exact) mass is 668 g/mol. The van der Waals surface area contributed by atoms with E-state index in [2.05, 4.69) is 11.4 Å². The number of nitrogens with one attached hydrogen (secondary N) is 1. The van der Waals surface area contributed by atoms with Crippen LogP contribution in [-0.2, 0) is 25.5 Å². The van der Waals surface area contributed by atoms with Crippen molar-refractivity contribution in [2.75, 3.05) is 52.6 Å². The van der Waals surface area contributed by atoms with Crippen molar-refractivity contribution in [3.05, 3.63) is 83.9 Å². The summed E-state index contributed by atoms with van der Waals surface area (Å²) in [7, 11) is 3.23. The Kier molecular flexibility index (Phi) is 8.84. The zero-order valence-electron chi connectivity index (χ0n) is 27.1. The maximum absolute atomic E-state index is 6.30. The van der Waals surface area contributed by atoms with Crippen molar-refractivity contribution in [2.45, 2.75) is 31.5 Å². The van der Waals surface area contributed by atoms with Crippen LogP contribution in [0.3, 0.4) is 0 Å². The minimum atomic E-state index is -0.374. The zero-order valence-corrected chi connectivity index (χ0v) is 27.1. The van der Waals surface area contributed by atoms with Crippen LogP contribution in [0.15, 0.2) is 77.8 Å². The van der Waals surface area contributed by atoms with E-state index in [1.54, 1.807) is 20.4 Å². The first-order valence-corrected chi connectivity index (χ1v) is 16.1. The van der Waals surface area contributed by atoms with E-state index in [0.717, 1.165) is 51.7 Å². The first kappa shape index (κ1) is 31.3. The number of ether oxygens (including phenoxy) is 10. The number of epoxide rings is 4. The van der Waals surface area contributed by atoms with Gasteiger partial charge in [-0.15, -0.1) is 0 Å². The normalized spacial score (nSPS) is 21.5. The smallest absolute Gasteiger partial charge is 0.224 e. The minimum Gasteiger partial charge on any atom is -0.493 e. The molecule has 12 heteroatoms. The molecule has 0 aliphatic carbocycles. The molecule has 12 nitrogen and oxygen atoms in total. The topological polar surface area (TPSA) is 130 Å². The lowest BCUT2D eigenvalue weighted by molar-refractivity contribution is 0.171. The quantitative estimate of drug-likeness (QED) is 0.110. The van der Waals surface area contributed by atoms with Crippen LogP contribution in [0.25, 0.3) is 11.1 Å². The third-order valence-electron chi connectivity index (χ3n) is 7.98. The highest BCUT2D eigenvalue weighted by Gasteiger charge is 2.32. The van der Waals surface area contributed by atoms with Crippen LogP contribution < -0.4 is 33.7 Å². The van der Waals surface area contributed by atoms with Crippen molar-refractivity contribution in [2.24, 2.45) is 4.99 Å². The van der Waals surface area contributed by atoms with Gasteiger partial charge in [0.1, 0.15) is 44.0 Å². The molecule has 0 bridgehead atoms. The van der Waals surface area contributed by atoms with E-state index < -0.39 is 0 Å². The fourth-order valence-corrected chi connectivity index (χ4v) is 5.13. The van der Waals surface area contributed by atoms with Crippen LogP contribution in [0, 0.1) is 0 Å². The van der Waals surface area contributed by atoms with Gasteiger partial charge >= 0.3 is 0 Å². The Balaban J connectivity index is 1.11. The highest BCUT2D eigenvalue weighted by molar-refractivity contribution is 5.90. The maximum atomic E-state index is 6.30. The third-order valence-corrected chi connectivity index (χ3v) is 7.98. The predicted molar refractivity (Wildman–Crippen MR) is 179 cm³/mol. The zero-order chi connectivity index (χ0) is 33.2. The molecular weight excluding hydrogens is 632 g/mol. The summed E-state index contributed by atoms with van der Waals surface area (Å²) in [6.07, 6.45) is 1.09. The predicted octanol–water partition coefficient (Wildman–Crippen LogP) is 5.72. The molecule has 8 rings (SSSR count). The van der Waals surface area contributed by atoms with Gasteiger partial charge in [-0.1, -0.05) is 0 Å². The van der Waals surface area contributed by atoms with Gasteiger partial charge < -0.3 is 52.7 Å². The summed E-state index contributed by atoms with van der Waals surface area (Å²) < 4.78 is 57.1. The van der Waals surface area contributed by atoms with Crippen molar-refractivity contribution in [3.8, 4) is 45.6 Å². The van der Waals surface area contributed by atoms with Gasteiger partial charge in [-0.05, 0) is 83.9 Å². The molecule has 4 aliphatic rings. The highest BCUT2D eigenvalue weighted by Crippen LogP contribution is 2.48. The van der Waals surface area contributed by atoms with Crippen molar-refractivity contribution >= 4 is 17.6 Å². The second-order valence-corrected chi connectivity index (χ2v) is 11.8. The summed E-state index contributed by atoms with van der Waals surface area (Å²) in [4.78, 5) is 4.73. The molecule has 254 valence electrons. The Bertz CT molecular complexity index is 1800. The molecule has 0 radical (unpaired) electrons. The average molecular weight is 669 g/mol. The van der Waals surface area contributed by atoms with Gasteiger partial charge in [0.05, 0.1) is 26.5 Å². The van der Waals surface area contributed by atoms with Crippen LogP contribution in [0.2, 0.25) is 0 Å². The number of hydrogen-bond acceptors (Lipinski definition) is 12. The van der Waals surface area contributed by atoms with Crippen LogP contribution >= 0.6 is 0 Å². The van der Waals surface area contributed by atoms with Gasteiger partial charge in [-0.3, -0.25) is 4.99 Å². The van der Waals surface area contributed by atoms with Crippen LogP contribution in [-0.4, -0.2) is 78.4 Å². The molecule has 4 unspecified atom stereocenters. The summed E-state index contributed by atoms with van der Waals surface area (Å²) in [6.45, 7) is 3.41. The first-order chi connectivity index (χ1) is 24.1. The third kappa shape index (κ3) is 8.18. The van der Waals surface area contributed by atoms with Gasteiger partial charge in [0.2, 0.25) is 18.9 Å². The largest absolute Gasteiger partial charge is 0.493 e. The molecular formula is C37H36N2O10. The van der Waals surface area contributed by atoms with Gasteiger partial charge in [-0.2, -0.15) is 0 Å². The first-order valence-electron chi connectivity index (χ1n) is 16.1. The van der Waals surface area contributed by atoms with Crippen molar-refractivity contribution in [1.29, 1.82) is 0 Å². The highest BCUT2D eigenvalue weighted by atomic mass is 16.8. The summed E-state index contributed by atoms with van der Waals surface area (Å²) in [5, 5.41) is 3.49. The Hall–Kier alpha value is -5.01. The lowest BCUT2D eigenvalue weighted by Gasteiger charge is -2.20. The SMILES string of the molecule is COc1cc(/C=N/c2ccc(OCC3CO3)cc2)cc(-c2cc(CNc3ccc(OC4CO4)cc3)cc(OC)c2OC2CO2)c1OC1CO1. The summed E-state index contributed by atoms with van der Waals surface area (Å²) in [5.41, 5.74) is 4.91. The van der Waals surface area contributed by atoms with Crippen molar-refractivity contribution in [1.82, 2.24) is 0 Å². The van der Waals surface area contributed by atoms with Gasteiger partial charge in [-0.25, -0.2) is 0 Å². The second-order valence-electron chi connectivity index (χ2n) is 11.8. The fourth-order valence-electron chi connectivity index (χ4n) is 5.13. The molecule has 4 atom stereocenters. The lowest BCUT2D eigenvalue weighted by atomic mass is 9.97. The van der Waals surface area contributed by atoms with Crippen molar-refractivity contribution in [3.63, 3.8) is 0 Å². The summed E-state index contributed by atoms with van der Waals surface area (Å²) in [5.74, 6) is 3.66. The molecule has 0 amide bonds. The molecule has 49 heavy (non-hydrogen) atoms. The Morgan fingerprint density at radius 3 is 1.90 bits per heavy atom. The number of nitrogens with zero attached hydrogens (tertiary/aromatic N) is 1. The Morgan fingerprint density at radius 1 is 0.694 bits per heavy atom. The molecule has 0 spiro atoms. The molecule has 4 fully saturated rings. The number of methoxy groups -OCH3 is 2. The number of hydrogen-bond donors (Lipinski definition) is 1. The lowest BCUT2D eigenvalue weighted by Crippen LogP contribution is -2.07. The summed E-state index contributed by atoms with van der Waals surface area (Å²) in [6, 6.07) is 23.3.